The van der Waals surface area contributed by atoms with Gasteiger partial charge in [0.05, 0.1) is 17.4 Å². The van der Waals surface area contributed by atoms with Gasteiger partial charge in [-0.2, -0.15) is 0 Å². The SMILES string of the molecule is CCc1cc(N(c2ccc3c(c2)C(C)(C)c2ccccc2-3)c2cc(-c3ccc4ccccc4c3)c3ccc4c(N(c5cc(CC)c(CC)c(CC)c5)C5C=CC6=C(C5)C(C)(C)c5ccccc56)cc(-c5ccc6ccccc6c5)c5ccc2c3c54)cc(CC)c1CC. The molecule has 1 atom stereocenters. The van der Waals surface area contributed by atoms with Gasteiger partial charge in [-0.15, -0.1) is 0 Å². The van der Waals surface area contributed by atoms with Crippen LogP contribution in [0.5, 0.6) is 0 Å². The second-order valence-corrected chi connectivity index (χ2v) is 27.5. The van der Waals surface area contributed by atoms with Crippen molar-refractivity contribution in [2.24, 2.45) is 0 Å². The summed E-state index contributed by atoms with van der Waals surface area (Å²) < 4.78 is 0. The summed E-state index contributed by atoms with van der Waals surface area (Å²) >= 11 is 0. The number of benzene rings is 13. The minimum absolute atomic E-state index is 0.0215. The van der Waals surface area contributed by atoms with Gasteiger partial charge in [0.1, 0.15) is 0 Å². The van der Waals surface area contributed by atoms with Gasteiger partial charge in [0, 0.05) is 49.4 Å². The highest BCUT2D eigenvalue weighted by Gasteiger charge is 2.41. The Bertz CT molecular complexity index is 5180. The van der Waals surface area contributed by atoms with Crippen molar-refractivity contribution in [2.45, 2.75) is 131 Å². The van der Waals surface area contributed by atoms with Crippen LogP contribution in [0.2, 0.25) is 0 Å². The monoisotopic (exact) mass is 1190 g/mol. The summed E-state index contributed by atoms with van der Waals surface area (Å²) in [6, 6.07) is 83.1. The van der Waals surface area contributed by atoms with E-state index >= 15 is 0 Å². The highest BCUT2D eigenvalue weighted by atomic mass is 15.2. The first-order valence-corrected chi connectivity index (χ1v) is 34.3. The first-order chi connectivity index (χ1) is 44.8. The quantitative estimate of drug-likeness (QED) is 0.100. The van der Waals surface area contributed by atoms with Gasteiger partial charge in [0.25, 0.3) is 0 Å². The molecule has 0 saturated heterocycles. The van der Waals surface area contributed by atoms with Crippen molar-refractivity contribution in [3.63, 3.8) is 0 Å². The molecule has 0 heterocycles. The van der Waals surface area contributed by atoms with E-state index in [1.165, 1.54) is 182 Å². The largest absolute Gasteiger partial charge is 0.334 e. The first kappa shape index (κ1) is 57.6. The number of anilines is 5. The van der Waals surface area contributed by atoms with Crippen molar-refractivity contribution in [1.29, 1.82) is 0 Å². The van der Waals surface area contributed by atoms with E-state index in [2.05, 4.69) is 304 Å². The fourth-order valence-electron chi connectivity index (χ4n) is 17.4. The van der Waals surface area contributed by atoms with Gasteiger partial charge in [-0.05, 0) is 238 Å². The Morgan fingerprint density at radius 2 is 0.826 bits per heavy atom. The lowest BCUT2D eigenvalue weighted by Gasteiger charge is -2.38. The fraction of sp³-hybridized carbons (Fsp3) is 0.222. The predicted octanol–water partition coefficient (Wildman–Crippen LogP) is 24.6. The molecule has 0 aliphatic heterocycles. The van der Waals surface area contributed by atoms with E-state index in [0.717, 1.165) is 44.9 Å². The Balaban J connectivity index is 1.05. The lowest BCUT2D eigenvalue weighted by Crippen LogP contribution is -2.34. The Kier molecular flexibility index (Phi) is 13.9. The molecular weight excluding hydrogens is 1110 g/mol. The predicted molar refractivity (Wildman–Crippen MR) is 397 cm³/mol. The molecule has 1 unspecified atom stereocenters. The standard InChI is InChI=1S/C90H82N2/c1-11-55-47-67(48-56(12-2)69(55)15-5)91(65-37-39-73-71-29-21-23-31-81(71)89(7,8)83(73)51-65)85-53-79(63-35-33-59-25-17-19-27-61(59)45-63)75-42-44-78-86(54-80(76-41-43-77(85)87(75)88(76)78)64-36-34-60-26-18-20-28-62(60)46-64)92(68-49-57(13-3)70(16-6)58(14-4)50-68)66-38-40-74-72-30-22-24-32-82(72)90(9,10)84(74)52-66/h17-51,53-54,66H,11-16,52H2,1-10H3. The van der Waals surface area contributed by atoms with Crippen LogP contribution in [-0.4, -0.2) is 6.04 Å². The molecule has 0 radical (unpaired) electrons. The number of rotatable bonds is 14. The molecule has 0 amide bonds. The number of fused-ring (bicyclic) bond motifs is 7. The van der Waals surface area contributed by atoms with Crippen LogP contribution >= 0.6 is 0 Å². The third kappa shape index (κ3) is 8.80. The van der Waals surface area contributed by atoms with E-state index < -0.39 is 0 Å². The van der Waals surface area contributed by atoms with Gasteiger partial charge >= 0.3 is 0 Å². The number of nitrogens with zero attached hydrogens (tertiary/aromatic N) is 2. The van der Waals surface area contributed by atoms with E-state index in [9.17, 15) is 0 Å². The van der Waals surface area contributed by atoms with Crippen molar-refractivity contribution in [3.05, 3.63) is 286 Å². The molecule has 0 spiro atoms. The number of hydrogen-bond donors (Lipinski definition) is 0. The topological polar surface area (TPSA) is 6.48 Å². The van der Waals surface area contributed by atoms with Crippen molar-refractivity contribution in [2.75, 3.05) is 9.80 Å². The van der Waals surface area contributed by atoms with E-state index in [1.807, 2.05) is 0 Å². The zero-order valence-electron chi connectivity index (χ0n) is 55.3. The van der Waals surface area contributed by atoms with Crippen molar-refractivity contribution in [3.8, 4) is 33.4 Å². The molecule has 0 fully saturated rings. The molecule has 3 aliphatic rings. The Labute approximate surface area is 544 Å². The van der Waals surface area contributed by atoms with Crippen LogP contribution in [0.3, 0.4) is 0 Å². The second kappa shape index (κ2) is 22.1. The van der Waals surface area contributed by atoms with Gasteiger partial charge in [-0.25, -0.2) is 0 Å². The normalized spacial score (nSPS) is 15.3. The van der Waals surface area contributed by atoms with Crippen molar-refractivity contribution >= 4 is 87.9 Å². The zero-order valence-corrected chi connectivity index (χ0v) is 55.3. The first-order valence-electron chi connectivity index (χ1n) is 34.3. The molecule has 0 aromatic heterocycles. The molecule has 2 nitrogen and oxygen atoms in total. The average molecular weight is 1190 g/mol. The Hall–Kier alpha value is -9.50. The number of hydrogen-bond acceptors (Lipinski definition) is 2. The van der Waals surface area contributed by atoms with Gasteiger partial charge in [0.2, 0.25) is 0 Å². The molecule has 16 rings (SSSR count). The molecule has 0 bridgehead atoms. The van der Waals surface area contributed by atoms with Crippen LogP contribution in [0, 0.1) is 0 Å². The maximum atomic E-state index is 2.79. The molecule has 92 heavy (non-hydrogen) atoms. The summed E-state index contributed by atoms with van der Waals surface area (Å²) in [6.45, 7) is 23.8. The summed E-state index contributed by atoms with van der Waals surface area (Å²) in [6.07, 6.45) is 11.8. The van der Waals surface area contributed by atoms with Crippen molar-refractivity contribution < 1.29 is 0 Å². The zero-order chi connectivity index (χ0) is 62.9. The molecule has 452 valence electrons. The highest BCUT2D eigenvalue weighted by molar-refractivity contribution is 6.32. The minimum atomic E-state index is -0.195. The van der Waals surface area contributed by atoms with Crippen LogP contribution < -0.4 is 9.80 Å². The van der Waals surface area contributed by atoms with Crippen LogP contribution in [0.1, 0.15) is 131 Å². The molecule has 2 heteroatoms. The Morgan fingerprint density at radius 1 is 0.359 bits per heavy atom. The fourth-order valence-corrected chi connectivity index (χ4v) is 17.4. The van der Waals surface area contributed by atoms with Crippen LogP contribution in [0.15, 0.2) is 230 Å². The summed E-state index contributed by atoms with van der Waals surface area (Å²) in [5.74, 6) is 0. The third-order valence-electron chi connectivity index (χ3n) is 22.1. The van der Waals surface area contributed by atoms with E-state index in [-0.39, 0.29) is 16.9 Å². The number of allylic oxidation sites excluding steroid dienone is 2. The number of aryl methyl sites for hydroxylation is 4. The maximum Gasteiger partial charge on any atom is 0.0563 e. The Morgan fingerprint density at radius 3 is 1.38 bits per heavy atom. The second-order valence-electron chi connectivity index (χ2n) is 27.5. The smallest absolute Gasteiger partial charge is 0.0563 e. The van der Waals surface area contributed by atoms with Crippen molar-refractivity contribution in [1.82, 2.24) is 0 Å². The summed E-state index contributed by atoms with van der Waals surface area (Å²) in [5.41, 5.74) is 30.5. The molecule has 13 aromatic carbocycles. The van der Waals surface area contributed by atoms with Crippen LogP contribution in [0.25, 0.3) is 92.8 Å². The maximum absolute atomic E-state index is 2.79. The van der Waals surface area contributed by atoms with Gasteiger partial charge in [0.15, 0.2) is 0 Å². The third-order valence-corrected chi connectivity index (χ3v) is 22.1. The van der Waals surface area contributed by atoms with Gasteiger partial charge in [-0.1, -0.05) is 233 Å². The lowest BCUT2D eigenvalue weighted by atomic mass is 9.77. The lowest BCUT2D eigenvalue weighted by molar-refractivity contribution is 0.585. The molecule has 0 saturated carbocycles. The minimum Gasteiger partial charge on any atom is -0.334 e. The molecule has 3 aliphatic carbocycles. The summed E-state index contributed by atoms with van der Waals surface area (Å²) in [4.78, 5) is 5.46. The van der Waals surface area contributed by atoms with Crippen LogP contribution in [0.4, 0.5) is 28.4 Å². The molecule has 13 aromatic rings. The molecular formula is C90H82N2. The average Bonchev–Trinajstić information content (AvgIpc) is 1.02. The van der Waals surface area contributed by atoms with Gasteiger partial charge in [-0.3, -0.25) is 0 Å². The van der Waals surface area contributed by atoms with E-state index in [0.29, 0.717) is 0 Å². The summed E-state index contributed by atoms with van der Waals surface area (Å²) in [7, 11) is 0. The summed E-state index contributed by atoms with van der Waals surface area (Å²) in [5, 5.41) is 12.6. The molecule has 0 N–H and O–H groups in total. The highest BCUT2D eigenvalue weighted by Crippen LogP contribution is 2.57. The van der Waals surface area contributed by atoms with E-state index in [1.54, 1.807) is 0 Å². The van der Waals surface area contributed by atoms with Gasteiger partial charge < -0.3 is 9.80 Å². The van der Waals surface area contributed by atoms with E-state index in [4.69, 9.17) is 0 Å². The van der Waals surface area contributed by atoms with Crippen LogP contribution in [-0.2, 0) is 49.4 Å².